The smallest absolute Gasteiger partial charge is 0 e. The van der Waals surface area contributed by atoms with Crippen LogP contribution in [0.15, 0.2) is 291 Å². The van der Waals surface area contributed by atoms with E-state index >= 15 is 0 Å². The van der Waals surface area contributed by atoms with Gasteiger partial charge in [0.2, 0.25) is 0 Å². The first-order chi connectivity index (χ1) is 72.7. The Labute approximate surface area is 932 Å². The highest BCUT2D eigenvalue weighted by Gasteiger charge is 2.35. The molecule has 0 spiro atoms. The lowest BCUT2D eigenvalue weighted by atomic mass is 9.68. The van der Waals surface area contributed by atoms with Gasteiger partial charge in [-0.1, -0.05) is 505 Å². The standard InChI is InChI=1S/2C20H30.2C20H24.2C14H26.3C14H14.10H2/c4*1-15-3-7-17(8-4-15)19-11-13-20(14-12-19)18-9-5-16(2)6-10-18;5*1-11-3-7-13(8-4-11)14-9-5-12(2)6-10-14;;;;;;;;;;/h2*3-4,7-8,16,18-20H,5-6,9-14H2,1-2H3;2*3-4,7-8,11-14,16,18H,5-6,9-10H2,1-2H3;2*11-14H,3-10H2,1-2H3;3*3-10H,1-2H3;10*1H. The first-order valence-corrected chi connectivity index (χ1v) is 61.5. The molecule has 12 aromatic carbocycles. The summed E-state index contributed by atoms with van der Waals surface area (Å²) in [5.41, 5.74) is 32.5. The van der Waals surface area contributed by atoms with Gasteiger partial charge in [0.1, 0.15) is 0 Å². The van der Waals surface area contributed by atoms with Gasteiger partial charge in [0.25, 0.3) is 0 Å². The van der Waals surface area contributed by atoms with Gasteiger partial charge in [0.15, 0.2) is 0 Å². The molecule has 0 aromatic heterocycles. The van der Waals surface area contributed by atoms with E-state index in [-0.39, 0.29) is 14.3 Å². The summed E-state index contributed by atoms with van der Waals surface area (Å²) in [6, 6.07) is 106. The highest BCUT2D eigenvalue weighted by molar-refractivity contribution is 5.68. The zero-order chi connectivity index (χ0) is 106. The Balaban J connectivity index is 0.000000372. The van der Waals surface area contributed by atoms with E-state index in [1.54, 1.807) is 62.5 Å². The molecule has 0 bridgehead atoms. The molecule has 822 valence electrons. The molecule has 0 unspecified atom stereocenters. The van der Waals surface area contributed by atoms with Gasteiger partial charge in [0, 0.05) is 14.3 Å². The van der Waals surface area contributed by atoms with E-state index in [9.17, 15) is 0 Å². The van der Waals surface area contributed by atoms with Crippen molar-refractivity contribution in [3.63, 3.8) is 0 Å². The van der Waals surface area contributed by atoms with Gasteiger partial charge in [0.05, 0.1) is 0 Å². The van der Waals surface area contributed by atoms with E-state index in [1.165, 1.54) is 328 Å². The molecular formula is C150H222. The maximum absolute atomic E-state index is 2.44. The highest BCUT2D eigenvalue weighted by atomic mass is 14.4. The topological polar surface area (TPSA) is 0 Å². The molecule has 0 N–H and O–H groups in total. The molecule has 10 fully saturated rings. The summed E-state index contributed by atoms with van der Waals surface area (Å²) in [7, 11) is 0. The number of rotatable bonds is 13. The average Bonchev–Trinajstić information content (AvgIpc) is 0.835. The van der Waals surface area contributed by atoms with Gasteiger partial charge in [-0.3, -0.25) is 0 Å². The summed E-state index contributed by atoms with van der Waals surface area (Å²) in [4.78, 5) is 0. The monoisotopic (exact) mass is 2020 g/mol. The van der Waals surface area contributed by atoms with E-state index in [0.29, 0.717) is 0 Å². The second-order valence-electron chi connectivity index (χ2n) is 51.3. The summed E-state index contributed by atoms with van der Waals surface area (Å²) in [6.45, 7) is 40.7. The molecule has 10 aliphatic carbocycles. The van der Waals surface area contributed by atoms with Crippen LogP contribution in [0.3, 0.4) is 0 Å². The predicted molar refractivity (Wildman–Crippen MR) is 678 cm³/mol. The van der Waals surface area contributed by atoms with Crippen LogP contribution in [-0.4, -0.2) is 0 Å². The molecule has 150 heavy (non-hydrogen) atoms. The summed E-state index contributed by atoms with van der Waals surface area (Å²) < 4.78 is 0. The first-order valence-electron chi connectivity index (χ1n) is 61.5. The Morgan fingerprint density at radius 1 is 0.107 bits per heavy atom. The maximum atomic E-state index is 2.44. The van der Waals surface area contributed by atoms with Gasteiger partial charge in [-0.25, -0.2) is 0 Å². The number of hydrogen-bond acceptors (Lipinski definition) is 0. The largest absolute Gasteiger partial charge is 0.0625 e. The van der Waals surface area contributed by atoms with Crippen molar-refractivity contribution in [2.24, 2.45) is 94.7 Å². The second-order valence-corrected chi connectivity index (χ2v) is 51.3. The van der Waals surface area contributed by atoms with Crippen molar-refractivity contribution in [2.45, 2.75) is 405 Å². The summed E-state index contributed by atoms with van der Waals surface area (Å²) in [5.74, 6) is 19.9. The fourth-order valence-corrected chi connectivity index (χ4v) is 27.1. The molecule has 0 atom stereocenters. The minimum Gasteiger partial charge on any atom is -0.0625 e. The average molecular weight is 2030 g/mol. The van der Waals surface area contributed by atoms with Crippen LogP contribution in [0.1, 0.15) is 428 Å². The Kier molecular flexibility index (Phi) is 46.9. The van der Waals surface area contributed by atoms with E-state index in [1.807, 2.05) is 0 Å². The predicted octanol–water partition coefficient (Wildman–Crippen LogP) is 47.8. The molecule has 12 aromatic rings. The van der Waals surface area contributed by atoms with Crippen molar-refractivity contribution < 1.29 is 14.3 Å². The lowest BCUT2D eigenvalue weighted by Gasteiger charge is -2.37. The maximum Gasteiger partial charge on any atom is 0 e. The van der Waals surface area contributed by atoms with Crippen molar-refractivity contribution in [2.75, 3.05) is 0 Å². The van der Waals surface area contributed by atoms with Crippen molar-refractivity contribution >= 4 is 0 Å². The van der Waals surface area contributed by atoms with Gasteiger partial charge in [-0.2, -0.15) is 0 Å². The highest BCUT2D eigenvalue weighted by Crippen LogP contribution is 2.49. The molecule has 0 amide bonds. The third kappa shape index (κ3) is 38.1. The summed E-state index contributed by atoms with van der Waals surface area (Å²) in [5, 5.41) is 0. The lowest BCUT2D eigenvalue weighted by molar-refractivity contribution is 0.155. The van der Waals surface area contributed by atoms with Crippen LogP contribution < -0.4 is 0 Å². The molecular weight excluding hydrogens is 1800 g/mol. The molecule has 10 aliphatic rings. The molecule has 10 saturated carbocycles. The molecule has 22 rings (SSSR count). The fraction of sp³-hybridized carbons (Fsp3) is 0.520. The molecule has 0 heterocycles. The minimum atomic E-state index is 0. The molecule has 0 heteroatoms. The minimum absolute atomic E-state index is 0. The van der Waals surface area contributed by atoms with Gasteiger partial charge < -0.3 is 0 Å². The van der Waals surface area contributed by atoms with Crippen LogP contribution in [-0.2, 0) is 0 Å². The van der Waals surface area contributed by atoms with Crippen LogP contribution in [0.25, 0.3) is 55.6 Å². The Morgan fingerprint density at radius 2 is 0.187 bits per heavy atom. The van der Waals surface area contributed by atoms with Crippen molar-refractivity contribution in [3.8, 4) is 55.6 Å². The normalized spacial score (nSPS) is 26.6. The lowest BCUT2D eigenvalue weighted by Crippen LogP contribution is -2.24. The Bertz CT molecular complexity index is 5100. The number of aryl methyl sites for hydroxylation is 10. The molecule has 0 aliphatic heterocycles. The third-order valence-corrected chi connectivity index (χ3v) is 38.5. The number of benzene rings is 12. The van der Waals surface area contributed by atoms with E-state index in [0.717, 1.165) is 118 Å². The van der Waals surface area contributed by atoms with Crippen LogP contribution in [0, 0.1) is 164 Å². The summed E-state index contributed by atoms with van der Waals surface area (Å²) >= 11 is 0. The third-order valence-electron chi connectivity index (χ3n) is 38.5. The van der Waals surface area contributed by atoms with Crippen molar-refractivity contribution in [1.29, 1.82) is 0 Å². The van der Waals surface area contributed by atoms with Crippen LogP contribution in [0.5, 0.6) is 0 Å². The Hall–Kier alpha value is -9.36. The SMILES string of the molecule is CC1CCC(C2CCC(C)CC2)CC1.CC1CCC(C2CCC(C)CC2)CC1.Cc1ccc(-c2ccc(C)cc2)cc1.Cc1ccc(-c2ccc(C)cc2)cc1.Cc1ccc(-c2ccc(C)cc2)cc1.Cc1ccc(-c2ccc(C3CCC(C)CC3)cc2)cc1.Cc1ccc(-c2ccc(C3CCC(C)CC3)cc2)cc1.Cc1ccc(C2CCC(C3CCC(C)CC3)CC2)cc1.Cc1ccc(C2CCC(C3CCC(C)CC3)CC2)cc1.[HH].[HH].[HH].[HH].[HH].[HH].[HH].[HH].[HH].[HH]. The van der Waals surface area contributed by atoms with E-state index in [2.05, 4.69) is 416 Å². The van der Waals surface area contributed by atoms with Crippen molar-refractivity contribution in [1.82, 2.24) is 0 Å². The van der Waals surface area contributed by atoms with Gasteiger partial charge in [-0.15, -0.1) is 0 Å². The Morgan fingerprint density at radius 3 is 0.307 bits per heavy atom. The van der Waals surface area contributed by atoms with E-state index in [4.69, 9.17) is 0 Å². The molecule has 0 radical (unpaired) electrons. The second kappa shape index (κ2) is 60.5. The van der Waals surface area contributed by atoms with Gasteiger partial charge >= 0.3 is 0 Å². The van der Waals surface area contributed by atoms with Gasteiger partial charge in [-0.05, 0) is 420 Å². The first kappa shape index (κ1) is 116. The molecule has 0 nitrogen and oxygen atoms in total. The fourth-order valence-electron chi connectivity index (χ4n) is 27.1. The zero-order valence-electron chi connectivity index (χ0n) is 97.5. The van der Waals surface area contributed by atoms with E-state index < -0.39 is 0 Å². The number of hydrogen-bond donors (Lipinski definition) is 0. The van der Waals surface area contributed by atoms with Crippen LogP contribution >= 0.6 is 0 Å². The zero-order valence-corrected chi connectivity index (χ0v) is 97.5. The summed E-state index contributed by atoms with van der Waals surface area (Å²) in [6.07, 6.45) is 59.1. The van der Waals surface area contributed by atoms with Crippen LogP contribution in [0.2, 0.25) is 0 Å². The quantitative estimate of drug-likeness (QED) is 0.108. The molecule has 0 saturated heterocycles. The van der Waals surface area contributed by atoms with Crippen LogP contribution in [0.4, 0.5) is 0 Å². The van der Waals surface area contributed by atoms with Crippen molar-refractivity contribution in [3.05, 3.63) is 369 Å².